The van der Waals surface area contributed by atoms with Crippen molar-refractivity contribution in [3.05, 3.63) is 59.7 Å². The predicted octanol–water partition coefficient (Wildman–Crippen LogP) is 3.57. The van der Waals surface area contributed by atoms with Crippen LogP contribution in [-0.2, 0) is 6.54 Å². The molecule has 0 radical (unpaired) electrons. The van der Waals surface area contributed by atoms with Crippen molar-refractivity contribution in [2.45, 2.75) is 51.3 Å². The molecule has 2 aromatic heterocycles. The highest BCUT2D eigenvalue weighted by Crippen LogP contribution is 2.25. The van der Waals surface area contributed by atoms with E-state index in [1.807, 2.05) is 31.2 Å². The molecule has 32 heavy (non-hydrogen) atoms. The van der Waals surface area contributed by atoms with Crippen LogP contribution in [0.2, 0.25) is 0 Å². The van der Waals surface area contributed by atoms with Gasteiger partial charge in [0.2, 0.25) is 11.8 Å². The van der Waals surface area contributed by atoms with Crippen LogP contribution in [0.4, 0.5) is 11.8 Å². The summed E-state index contributed by atoms with van der Waals surface area (Å²) in [5.74, 6) is 2.01. The molecular formula is C23H25N7O2. The molecule has 1 saturated carbocycles. The molecule has 164 valence electrons. The van der Waals surface area contributed by atoms with Gasteiger partial charge in [-0.25, -0.2) is 15.0 Å². The molecule has 4 rings (SSSR count). The summed E-state index contributed by atoms with van der Waals surface area (Å²) in [5.41, 5.74) is 2.28. The van der Waals surface area contributed by atoms with E-state index in [2.05, 4.69) is 36.6 Å². The van der Waals surface area contributed by atoms with E-state index in [0.29, 0.717) is 35.5 Å². The lowest BCUT2D eigenvalue weighted by Gasteiger charge is -2.26. The Morgan fingerprint density at radius 3 is 2.66 bits per heavy atom. The summed E-state index contributed by atoms with van der Waals surface area (Å²) >= 11 is 0. The molecule has 0 amide bonds. The molecule has 1 aliphatic carbocycles. The third kappa shape index (κ3) is 5.47. The number of benzene rings is 1. The number of aliphatic hydroxyl groups excluding tert-OH is 1. The van der Waals surface area contributed by atoms with Crippen LogP contribution in [0.5, 0.6) is 11.6 Å². The molecule has 3 N–H and O–H groups in total. The number of anilines is 2. The van der Waals surface area contributed by atoms with Crippen LogP contribution >= 0.6 is 0 Å². The summed E-state index contributed by atoms with van der Waals surface area (Å²) in [6.07, 6.45) is 7.53. The lowest BCUT2D eigenvalue weighted by atomic mass is 9.93. The van der Waals surface area contributed by atoms with Gasteiger partial charge in [0.25, 0.3) is 0 Å². The minimum Gasteiger partial charge on any atom is -0.439 e. The second kappa shape index (κ2) is 10.0. The molecular weight excluding hydrogens is 406 g/mol. The van der Waals surface area contributed by atoms with Crippen LogP contribution in [0.15, 0.2) is 43.0 Å². The van der Waals surface area contributed by atoms with Gasteiger partial charge >= 0.3 is 0 Å². The number of nitriles is 1. The van der Waals surface area contributed by atoms with Crippen molar-refractivity contribution in [1.29, 1.82) is 5.26 Å². The number of nitrogens with one attached hydrogen (secondary N) is 2. The second-order valence-corrected chi connectivity index (χ2v) is 7.84. The summed E-state index contributed by atoms with van der Waals surface area (Å²) in [4.78, 5) is 17.1. The molecule has 0 atom stereocenters. The zero-order valence-electron chi connectivity index (χ0n) is 17.8. The van der Waals surface area contributed by atoms with Gasteiger partial charge in [-0.1, -0.05) is 17.7 Å². The van der Waals surface area contributed by atoms with E-state index in [0.717, 1.165) is 36.8 Å². The van der Waals surface area contributed by atoms with Crippen LogP contribution in [0.25, 0.3) is 0 Å². The Morgan fingerprint density at radius 2 is 1.91 bits per heavy atom. The van der Waals surface area contributed by atoms with E-state index in [4.69, 9.17) is 4.74 Å². The van der Waals surface area contributed by atoms with Gasteiger partial charge in [0.05, 0.1) is 17.9 Å². The Balaban J connectivity index is 1.45. The molecule has 0 bridgehead atoms. The highest BCUT2D eigenvalue weighted by Gasteiger charge is 2.21. The van der Waals surface area contributed by atoms with Crippen molar-refractivity contribution in [3.8, 4) is 17.7 Å². The fourth-order valence-electron chi connectivity index (χ4n) is 3.52. The van der Waals surface area contributed by atoms with E-state index in [9.17, 15) is 10.4 Å². The van der Waals surface area contributed by atoms with Gasteiger partial charge in [0, 0.05) is 18.8 Å². The van der Waals surface area contributed by atoms with E-state index >= 15 is 0 Å². The lowest BCUT2D eigenvalue weighted by molar-refractivity contribution is 0.126. The number of aryl methyl sites for hydroxylation is 1. The van der Waals surface area contributed by atoms with Gasteiger partial charge < -0.3 is 20.5 Å². The molecule has 9 nitrogen and oxygen atoms in total. The normalized spacial score (nSPS) is 17.9. The van der Waals surface area contributed by atoms with E-state index < -0.39 is 0 Å². The summed E-state index contributed by atoms with van der Waals surface area (Å²) < 4.78 is 5.91. The molecule has 0 spiro atoms. The third-order valence-electron chi connectivity index (χ3n) is 5.37. The molecule has 1 aliphatic rings. The Labute approximate surface area is 186 Å². The van der Waals surface area contributed by atoms with Gasteiger partial charge in [-0.3, -0.25) is 0 Å². The van der Waals surface area contributed by atoms with Crippen molar-refractivity contribution >= 4 is 11.8 Å². The van der Waals surface area contributed by atoms with E-state index in [1.54, 1.807) is 6.20 Å². The van der Waals surface area contributed by atoms with Crippen LogP contribution in [0.3, 0.4) is 0 Å². The van der Waals surface area contributed by atoms with Gasteiger partial charge in [-0.2, -0.15) is 10.2 Å². The molecule has 3 aromatic rings. The Morgan fingerprint density at radius 1 is 1.12 bits per heavy atom. The largest absolute Gasteiger partial charge is 0.439 e. The smallest absolute Gasteiger partial charge is 0.227 e. The summed E-state index contributed by atoms with van der Waals surface area (Å²) in [6, 6.07) is 10.0. The van der Waals surface area contributed by atoms with E-state index in [-0.39, 0.29) is 12.1 Å². The van der Waals surface area contributed by atoms with Crippen molar-refractivity contribution in [1.82, 2.24) is 19.9 Å². The van der Waals surface area contributed by atoms with Gasteiger partial charge in [0.1, 0.15) is 29.5 Å². The van der Waals surface area contributed by atoms with Gasteiger partial charge in [-0.05, 0) is 44.7 Å². The van der Waals surface area contributed by atoms with Gasteiger partial charge in [0.15, 0.2) is 0 Å². The number of ether oxygens (including phenoxy) is 1. The van der Waals surface area contributed by atoms with Crippen LogP contribution in [-0.4, -0.2) is 37.2 Å². The van der Waals surface area contributed by atoms with Gasteiger partial charge in [-0.15, -0.1) is 0 Å². The first-order valence-corrected chi connectivity index (χ1v) is 10.6. The monoisotopic (exact) mass is 431 g/mol. The number of rotatable bonds is 7. The average molecular weight is 432 g/mol. The number of aromatic nitrogens is 4. The summed E-state index contributed by atoms with van der Waals surface area (Å²) in [6.45, 7) is 2.37. The van der Waals surface area contributed by atoms with Crippen molar-refractivity contribution in [3.63, 3.8) is 0 Å². The Kier molecular flexibility index (Phi) is 6.72. The minimum atomic E-state index is -0.240. The highest BCUT2D eigenvalue weighted by atomic mass is 16.5. The third-order valence-corrected chi connectivity index (χ3v) is 5.37. The maximum atomic E-state index is 9.71. The molecule has 0 unspecified atom stereocenters. The standard InChI is InChI=1S/C23H25N7O2/c1-15-2-8-20(9-3-15)32-22-17(11-25-14-28-22)13-27-23-26-12-16(10-24)21(30-23)29-18-4-6-19(31)7-5-18/h2-3,8-9,11-12,14,18-19,31H,4-7,13H2,1H3,(H2,26,27,29,30). The predicted molar refractivity (Wildman–Crippen MR) is 119 cm³/mol. The van der Waals surface area contributed by atoms with E-state index in [1.165, 1.54) is 12.5 Å². The van der Waals surface area contributed by atoms with Crippen molar-refractivity contribution < 1.29 is 9.84 Å². The fourth-order valence-corrected chi connectivity index (χ4v) is 3.52. The Bertz CT molecular complexity index is 1090. The zero-order valence-corrected chi connectivity index (χ0v) is 17.8. The van der Waals surface area contributed by atoms with Crippen molar-refractivity contribution in [2.75, 3.05) is 10.6 Å². The molecule has 1 aromatic carbocycles. The summed E-state index contributed by atoms with van der Waals surface area (Å²) in [5, 5.41) is 25.6. The molecule has 9 heteroatoms. The first kappa shape index (κ1) is 21.5. The number of aliphatic hydroxyl groups is 1. The van der Waals surface area contributed by atoms with Crippen LogP contribution in [0.1, 0.15) is 42.4 Å². The average Bonchev–Trinajstić information content (AvgIpc) is 2.81. The fraction of sp³-hybridized carbons (Fsp3) is 0.348. The van der Waals surface area contributed by atoms with Crippen LogP contribution in [0, 0.1) is 18.3 Å². The maximum Gasteiger partial charge on any atom is 0.227 e. The number of hydrogen-bond acceptors (Lipinski definition) is 9. The quantitative estimate of drug-likeness (QED) is 0.514. The summed E-state index contributed by atoms with van der Waals surface area (Å²) in [7, 11) is 0. The maximum absolute atomic E-state index is 9.71. The highest BCUT2D eigenvalue weighted by molar-refractivity contribution is 5.54. The molecule has 0 aliphatic heterocycles. The second-order valence-electron chi connectivity index (χ2n) is 7.84. The Hall–Kier alpha value is -3.77. The SMILES string of the molecule is Cc1ccc(Oc2ncncc2CNc2ncc(C#N)c(NC3CCC(O)CC3)n2)cc1. The first-order valence-electron chi connectivity index (χ1n) is 10.6. The number of nitrogens with zero attached hydrogens (tertiary/aromatic N) is 5. The lowest BCUT2D eigenvalue weighted by Crippen LogP contribution is -2.29. The first-order chi connectivity index (χ1) is 15.6. The molecule has 1 fully saturated rings. The topological polar surface area (TPSA) is 129 Å². The minimum absolute atomic E-state index is 0.172. The molecule has 2 heterocycles. The molecule has 0 saturated heterocycles. The zero-order chi connectivity index (χ0) is 22.3. The van der Waals surface area contributed by atoms with Crippen molar-refractivity contribution in [2.24, 2.45) is 0 Å². The van der Waals surface area contributed by atoms with Crippen LogP contribution < -0.4 is 15.4 Å². The number of hydrogen-bond donors (Lipinski definition) is 3.